The smallest absolute Gasteiger partial charge is 0.265 e. The molecule has 1 unspecified atom stereocenters. The number of rotatable bonds is 5. The second-order valence-electron chi connectivity index (χ2n) is 4.74. The zero-order chi connectivity index (χ0) is 14.5. The topological polar surface area (TPSA) is 58.4 Å². The van der Waals surface area contributed by atoms with Gasteiger partial charge in [-0.1, -0.05) is 24.3 Å². The molecule has 2 rings (SSSR count). The molecule has 0 aliphatic rings. The van der Waals surface area contributed by atoms with E-state index in [2.05, 4.69) is 41.8 Å². The first-order valence-corrected chi connectivity index (χ1v) is 7.34. The Bertz CT molecular complexity index is 568. The van der Waals surface area contributed by atoms with E-state index in [1.54, 1.807) is 17.4 Å². The number of amides is 1. The van der Waals surface area contributed by atoms with E-state index in [-0.39, 0.29) is 5.91 Å². The van der Waals surface area contributed by atoms with Gasteiger partial charge in [0.15, 0.2) is 0 Å². The van der Waals surface area contributed by atoms with Crippen LogP contribution >= 0.6 is 11.3 Å². The predicted octanol–water partition coefficient (Wildman–Crippen LogP) is 2.54. The lowest BCUT2D eigenvalue weighted by Gasteiger charge is -2.24. The molecule has 0 aliphatic heterocycles. The van der Waals surface area contributed by atoms with Gasteiger partial charge in [0.1, 0.15) is 0 Å². The third-order valence-corrected chi connectivity index (χ3v) is 4.47. The summed E-state index contributed by atoms with van der Waals surface area (Å²) in [4.78, 5) is 15.3. The van der Waals surface area contributed by atoms with Crippen LogP contribution in [0.15, 0.2) is 41.8 Å². The lowest BCUT2D eigenvalue weighted by Crippen LogP contribution is -2.31. The summed E-state index contributed by atoms with van der Waals surface area (Å²) in [6.45, 7) is 2.86. The number of nitrogens with zero attached hydrogens (tertiary/aromatic N) is 1. The Kier molecular flexibility index (Phi) is 4.89. The monoisotopic (exact) mass is 289 g/mol. The quantitative estimate of drug-likeness (QED) is 0.505. The van der Waals surface area contributed by atoms with Crippen molar-refractivity contribution in [3.8, 4) is 0 Å². The molecule has 5 heteroatoms. The van der Waals surface area contributed by atoms with Gasteiger partial charge in [-0.05, 0) is 37.0 Å². The summed E-state index contributed by atoms with van der Waals surface area (Å²) in [5.74, 6) is 4.98. The van der Waals surface area contributed by atoms with Crippen molar-refractivity contribution in [3.05, 3.63) is 57.8 Å². The Morgan fingerprint density at radius 2 is 2.10 bits per heavy atom. The fourth-order valence-corrected chi connectivity index (χ4v) is 2.96. The maximum absolute atomic E-state index is 11.8. The number of nitrogens with one attached hydrogen (secondary N) is 1. The molecule has 3 N–H and O–H groups in total. The van der Waals surface area contributed by atoms with Crippen LogP contribution in [-0.4, -0.2) is 17.9 Å². The molecule has 0 bridgehead atoms. The molecule has 1 heterocycles. The van der Waals surface area contributed by atoms with Crippen LogP contribution in [0.4, 0.5) is 0 Å². The van der Waals surface area contributed by atoms with Crippen LogP contribution in [0.2, 0.25) is 0 Å². The molecule has 0 saturated heterocycles. The van der Waals surface area contributed by atoms with E-state index in [9.17, 15) is 4.79 Å². The highest BCUT2D eigenvalue weighted by atomic mass is 32.1. The van der Waals surface area contributed by atoms with Gasteiger partial charge in [0, 0.05) is 23.0 Å². The molecule has 0 aliphatic carbocycles. The van der Waals surface area contributed by atoms with Crippen LogP contribution < -0.4 is 11.3 Å². The third-order valence-electron chi connectivity index (χ3n) is 3.43. The predicted molar refractivity (Wildman–Crippen MR) is 82.3 cm³/mol. The van der Waals surface area contributed by atoms with Crippen molar-refractivity contribution in [2.45, 2.75) is 19.5 Å². The molecule has 1 amide bonds. The summed E-state index contributed by atoms with van der Waals surface area (Å²) < 4.78 is 0. The molecule has 20 heavy (non-hydrogen) atoms. The van der Waals surface area contributed by atoms with Crippen LogP contribution in [0, 0.1) is 0 Å². The Morgan fingerprint density at radius 3 is 2.75 bits per heavy atom. The van der Waals surface area contributed by atoms with Crippen LogP contribution in [0.3, 0.4) is 0 Å². The van der Waals surface area contributed by atoms with Crippen molar-refractivity contribution in [3.63, 3.8) is 0 Å². The molecule has 0 radical (unpaired) electrons. The maximum Gasteiger partial charge on any atom is 0.265 e. The highest BCUT2D eigenvalue weighted by molar-refractivity contribution is 7.10. The normalized spacial score (nSPS) is 12.4. The molecule has 0 spiro atoms. The number of carbonyl (C=O) groups is 1. The number of thiophene rings is 1. The minimum absolute atomic E-state index is 0.252. The number of nitrogen functional groups attached to an aromatic ring is 1. The maximum atomic E-state index is 11.8. The van der Waals surface area contributed by atoms with Crippen LogP contribution in [0.5, 0.6) is 0 Å². The lowest BCUT2D eigenvalue weighted by atomic mass is 10.1. The van der Waals surface area contributed by atoms with E-state index in [1.807, 2.05) is 18.2 Å². The van der Waals surface area contributed by atoms with E-state index in [0.29, 0.717) is 18.2 Å². The number of nitrogens with two attached hydrogens (primary N) is 1. The van der Waals surface area contributed by atoms with Gasteiger partial charge in [-0.3, -0.25) is 15.1 Å². The van der Waals surface area contributed by atoms with Gasteiger partial charge in [0.25, 0.3) is 5.91 Å². The standard InChI is InChI=1S/C15H19N3OS/c1-11(14-8-5-9-20-14)18(2)10-12-6-3-4-7-13(12)15(19)17-16/h3-9,11H,10,16H2,1-2H3,(H,17,19). The zero-order valence-electron chi connectivity index (χ0n) is 11.7. The Hall–Kier alpha value is -1.69. The van der Waals surface area contributed by atoms with Crippen molar-refractivity contribution in [2.75, 3.05) is 7.05 Å². The van der Waals surface area contributed by atoms with Crippen molar-refractivity contribution >= 4 is 17.2 Å². The second-order valence-corrected chi connectivity index (χ2v) is 5.72. The summed E-state index contributed by atoms with van der Waals surface area (Å²) in [5, 5.41) is 2.08. The number of hydrogen-bond acceptors (Lipinski definition) is 4. The minimum atomic E-state index is -0.252. The van der Waals surface area contributed by atoms with Crippen LogP contribution in [-0.2, 0) is 6.54 Å². The number of carbonyl (C=O) groups excluding carboxylic acids is 1. The van der Waals surface area contributed by atoms with E-state index in [0.717, 1.165) is 5.56 Å². The Balaban J connectivity index is 2.15. The number of benzene rings is 1. The molecule has 4 nitrogen and oxygen atoms in total. The molecule has 0 fully saturated rings. The van der Waals surface area contributed by atoms with Gasteiger partial charge < -0.3 is 0 Å². The zero-order valence-corrected chi connectivity index (χ0v) is 12.5. The molecular formula is C15H19N3OS. The van der Waals surface area contributed by atoms with Crippen LogP contribution in [0.25, 0.3) is 0 Å². The van der Waals surface area contributed by atoms with Crippen molar-refractivity contribution in [1.29, 1.82) is 0 Å². The first kappa shape index (κ1) is 14.7. The van der Waals surface area contributed by atoms with Crippen molar-refractivity contribution in [2.24, 2.45) is 5.84 Å². The van der Waals surface area contributed by atoms with Gasteiger partial charge in [0.05, 0.1) is 0 Å². The molecule has 2 aromatic rings. The fraction of sp³-hybridized carbons (Fsp3) is 0.267. The minimum Gasteiger partial charge on any atom is -0.295 e. The van der Waals surface area contributed by atoms with E-state index >= 15 is 0 Å². The van der Waals surface area contributed by atoms with Crippen LogP contribution in [0.1, 0.15) is 33.8 Å². The van der Waals surface area contributed by atoms with Crippen molar-refractivity contribution < 1.29 is 4.79 Å². The summed E-state index contributed by atoms with van der Waals surface area (Å²) in [6, 6.07) is 12.0. The lowest BCUT2D eigenvalue weighted by molar-refractivity contribution is 0.0951. The summed E-state index contributed by atoms with van der Waals surface area (Å²) in [5.41, 5.74) is 3.79. The summed E-state index contributed by atoms with van der Waals surface area (Å²) in [7, 11) is 2.06. The number of hydrazine groups is 1. The molecule has 106 valence electrons. The molecular weight excluding hydrogens is 270 g/mol. The number of hydrogen-bond donors (Lipinski definition) is 2. The first-order valence-electron chi connectivity index (χ1n) is 6.46. The van der Waals surface area contributed by atoms with Crippen molar-refractivity contribution in [1.82, 2.24) is 10.3 Å². The van der Waals surface area contributed by atoms with E-state index in [4.69, 9.17) is 5.84 Å². The highest BCUT2D eigenvalue weighted by Gasteiger charge is 2.16. The largest absolute Gasteiger partial charge is 0.295 e. The van der Waals surface area contributed by atoms with E-state index < -0.39 is 0 Å². The van der Waals surface area contributed by atoms with Gasteiger partial charge in [-0.25, -0.2) is 5.84 Å². The van der Waals surface area contributed by atoms with Gasteiger partial charge in [-0.15, -0.1) is 11.3 Å². The SMILES string of the molecule is CC(c1cccs1)N(C)Cc1ccccc1C(=O)NN. The summed E-state index contributed by atoms with van der Waals surface area (Å²) >= 11 is 1.74. The Morgan fingerprint density at radius 1 is 1.35 bits per heavy atom. The molecule has 1 atom stereocenters. The fourth-order valence-electron chi connectivity index (χ4n) is 2.11. The molecule has 1 aromatic carbocycles. The average Bonchev–Trinajstić information content (AvgIpc) is 3.00. The van der Waals surface area contributed by atoms with Gasteiger partial charge in [0.2, 0.25) is 0 Å². The van der Waals surface area contributed by atoms with Gasteiger partial charge >= 0.3 is 0 Å². The third kappa shape index (κ3) is 3.25. The molecule has 0 saturated carbocycles. The summed E-state index contributed by atoms with van der Waals surface area (Å²) in [6.07, 6.45) is 0. The van der Waals surface area contributed by atoms with Gasteiger partial charge in [-0.2, -0.15) is 0 Å². The molecule has 1 aromatic heterocycles. The van der Waals surface area contributed by atoms with E-state index in [1.165, 1.54) is 4.88 Å². The highest BCUT2D eigenvalue weighted by Crippen LogP contribution is 2.25. The Labute approximate surface area is 123 Å². The first-order chi connectivity index (χ1) is 9.63. The second kappa shape index (κ2) is 6.65. The average molecular weight is 289 g/mol.